The first kappa shape index (κ1) is 23.6. The van der Waals surface area contributed by atoms with Crippen LogP contribution in [-0.4, -0.2) is 49.1 Å². The van der Waals surface area contributed by atoms with Gasteiger partial charge in [0, 0.05) is 37.2 Å². The fourth-order valence-electron chi connectivity index (χ4n) is 3.40. The third kappa shape index (κ3) is 5.98. The van der Waals surface area contributed by atoms with Gasteiger partial charge in [-0.25, -0.2) is 8.42 Å². The number of ether oxygens (including phenoxy) is 1. The molecule has 0 aromatic heterocycles. The highest BCUT2D eigenvalue weighted by atomic mass is 32.2. The van der Waals surface area contributed by atoms with Gasteiger partial charge in [0.05, 0.1) is 9.82 Å². The van der Waals surface area contributed by atoms with E-state index in [-0.39, 0.29) is 22.6 Å². The van der Waals surface area contributed by atoms with Crippen molar-refractivity contribution in [1.29, 1.82) is 0 Å². The van der Waals surface area contributed by atoms with Gasteiger partial charge >= 0.3 is 5.97 Å². The lowest BCUT2D eigenvalue weighted by atomic mass is 10.1. The molecule has 0 atom stereocenters. The first-order valence-corrected chi connectivity index (χ1v) is 11.7. The van der Waals surface area contributed by atoms with Crippen LogP contribution in [0.4, 0.5) is 5.69 Å². The van der Waals surface area contributed by atoms with Crippen LogP contribution in [0.25, 0.3) is 0 Å². The lowest BCUT2D eigenvalue weighted by Crippen LogP contribution is -2.35. The van der Waals surface area contributed by atoms with Gasteiger partial charge in [-0.3, -0.25) is 19.7 Å². The zero-order valence-electron chi connectivity index (χ0n) is 17.4. The molecule has 0 bridgehead atoms. The summed E-state index contributed by atoms with van der Waals surface area (Å²) < 4.78 is 31.8. The number of sulfonamides is 1. The van der Waals surface area contributed by atoms with Crippen LogP contribution < -0.4 is 0 Å². The minimum atomic E-state index is -3.50. The van der Waals surface area contributed by atoms with Crippen molar-refractivity contribution < 1.29 is 27.7 Å². The Morgan fingerprint density at radius 1 is 0.969 bits per heavy atom. The van der Waals surface area contributed by atoms with Crippen molar-refractivity contribution in [3.8, 4) is 0 Å². The number of aryl methyl sites for hydroxylation is 1. The SMILES string of the molecule is O=C(CCc1ccc(S(=O)(=O)N2CCCCC2)cc1)OCC(=O)c1ccc([N+](=O)[O-])cc1. The maximum atomic E-state index is 12.7. The molecule has 1 aliphatic rings. The summed E-state index contributed by atoms with van der Waals surface area (Å²) in [5.74, 6) is -1.02. The Morgan fingerprint density at radius 2 is 1.59 bits per heavy atom. The van der Waals surface area contributed by atoms with Crippen molar-refractivity contribution in [2.75, 3.05) is 19.7 Å². The molecule has 2 aromatic carbocycles. The number of ketones is 1. The minimum Gasteiger partial charge on any atom is -0.457 e. The van der Waals surface area contributed by atoms with Crippen LogP contribution in [0.2, 0.25) is 0 Å². The number of nitrogens with zero attached hydrogens (tertiary/aromatic N) is 2. The molecule has 32 heavy (non-hydrogen) atoms. The Balaban J connectivity index is 1.47. The van der Waals surface area contributed by atoms with E-state index in [1.807, 2.05) is 0 Å². The summed E-state index contributed by atoms with van der Waals surface area (Å²) in [4.78, 5) is 34.3. The molecule has 170 valence electrons. The smallest absolute Gasteiger partial charge is 0.306 e. The van der Waals surface area contributed by atoms with E-state index in [9.17, 15) is 28.1 Å². The second-order valence-corrected chi connectivity index (χ2v) is 9.43. The van der Waals surface area contributed by atoms with Crippen LogP contribution in [0.5, 0.6) is 0 Å². The maximum Gasteiger partial charge on any atom is 0.306 e. The highest BCUT2D eigenvalue weighted by Gasteiger charge is 2.25. The Hall–Kier alpha value is -3.11. The number of hydrogen-bond donors (Lipinski definition) is 0. The van der Waals surface area contributed by atoms with E-state index in [0.29, 0.717) is 19.5 Å². The van der Waals surface area contributed by atoms with Crippen LogP contribution in [0, 0.1) is 10.1 Å². The van der Waals surface area contributed by atoms with Gasteiger partial charge in [-0.1, -0.05) is 18.6 Å². The van der Waals surface area contributed by atoms with Crippen LogP contribution in [0.3, 0.4) is 0 Å². The third-order valence-electron chi connectivity index (χ3n) is 5.26. The van der Waals surface area contributed by atoms with Crippen molar-refractivity contribution in [2.24, 2.45) is 0 Å². The van der Waals surface area contributed by atoms with Crippen LogP contribution in [-0.2, 0) is 26.0 Å². The number of nitro groups is 1. The zero-order chi connectivity index (χ0) is 23.1. The molecule has 0 unspecified atom stereocenters. The van der Waals surface area contributed by atoms with E-state index in [1.54, 1.807) is 24.3 Å². The average Bonchev–Trinajstić information content (AvgIpc) is 2.82. The molecule has 1 fully saturated rings. The molecule has 0 spiro atoms. The number of hydrogen-bond acceptors (Lipinski definition) is 7. The standard InChI is InChI=1S/C22H24N2O7S/c25-21(18-7-9-19(10-8-18)24(27)28)16-31-22(26)13-6-17-4-11-20(12-5-17)32(29,30)23-14-2-1-3-15-23/h4-5,7-12H,1-3,6,13-16H2. The number of carbonyl (C=O) groups excluding carboxylic acids is 2. The summed E-state index contributed by atoms with van der Waals surface area (Å²) in [6.07, 6.45) is 3.15. The summed E-state index contributed by atoms with van der Waals surface area (Å²) in [6, 6.07) is 11.5. The molecule has 2 aromatic rings. The number of carbonyl (C=O) groups is 2. The molecule has 0 amide bonds. The van der Waals surface area contributed by atoms with Crippen molar-refractivity contribution in [3.05, 3.63) is 69.8 Å². The Morgan fingerprint density at radius 3 is 2.19 bits per heavy atom. The molecule has 1 aliphatic heterocycles. The predicted molar refractivity (Wildman–Crippen MR) is 116 cm³/mol. The lowest BCUT2D eigenvalue weighted by molar-refractivity contribution is -0.384. The summed E-state index contributed by atoms with van der Waals surface area (Å²) >= 11 is 0. The molecule has 9 nitrogen and oxygen atoms in total. The summed E-state index contributed by atoms with van der Waals surface area (Å²) in [5, 5.41) is 10.6. The first-order valence-electron chi connectivity index (χ1n) is 10.3. The van der Waals surface area contributed by atoms with Crippen molar-refractivity contribution >= 4 is 27.5 Å². The predicted octanol–water partition coefficient (Wildman–Crippen LogP) is 3.13. The molecule has 1 heterocycles. The molecule has 0 saturated carbocycles. The van der Waals surface area contributed by atoms with Crippen LogP contribution in [0.15, 0.2) is 53.4 Å². The fraction of sp³-hybridized carbons (Fsp3) is 0.364. The summed E-state index contributed by atoms with van der Waals surface area (Å²) in [7, 11) is -3.50. The summed E-state index contributed by atoms with van der Waals surface area (Å²) in [6.45, 7) is 0.618. The first-order chi connectivity index (χ1) is 15.3. The maximum absolute atomic E-state index is 12.7. The topological polar surface area (TPSA) is 124 Å². The second-order valence-electron chi connectivity index (χ2n) is 7.50. The molecule has 10 heteroatoms. The molecule has 0 radical (unpaired) electrons. The zero-order valence-corrected chi connectivity index (χ0v) is 18.3. The summed E-state index contributed by atoms with van der Waals surface area (Å²) in [5.41, 5.74) is 0.864. The van der Waals surface area contributed by atoms with E-state index in [1.165, 1.54) is 28.6 Å². The number of Topliss-reactive ketones (excluding diaryl/α,β-unsaturated/α-hetero) is 1. The number of piperidine rings is 1. The second kappa shape index (κ2) is 10.5. The highest BCUT2D eigenvalue weighted by Crippen LogP contribution is 2.21. The average molecular weight is 461 g/mol. The Bertz CT molecular complexity index is 1070. The highest BCUT2D eigenvalue weighted by molar-refractivity contribution is 7.89. The van der Waals surface area contributed by atoms with Crippen molar-refractivity contribution in [1.82, 2.24) is 4.31 Å². The number of benzene rings is 2. The van der Waals surface area contributed by atoms with Crippen LogP contribution >= 0.6 is 0 Å². The largest absolute Gasteiger partial charge is 0.457 e. The number of non-ortho nitro benzene ring substituents is 1. The van der Waals surface area contributed by atoms with Gasteiger partial charge in [-0.05, 0) is 49.1 Å². The van der Waals surface area contributed by atoms with Gasteiger partial charge in [0.1, 0.15) is 0 Å². The molecule has 0 N–H and O–H groups in total. The Kier molecular flexibility index (Phi) is 7.70. The molecule has 1 saturated heterocycles. The van der Waals surface area contributed by atoms with E-state index in [0.717, 1.165) is 24.8 Å². The van der Waals surface area contributed by atoms with Gasteiger partial charge in [-0.15, -0.1) is 0 Å². The number of rotatable bonds is 9. The Labute approximate surface area is 186 Å². The third-order valence-corrected chi connectivity index (χ3v) is 7.17. The van der Waals surface area contributed by atoms with Crippen LogP contribution in [0.1, 0.15) is 41.6 Å². The van der Waals surface area contributed by atoms with Gasteiger partial charge in [0.2, 0.25) is 10.0 Å². The molecule has 0 aliphatic carbocycles. The minimum absolute atomic E-state index is 0.0335. The van der Waals surface area contributed by atoms with E-state index in [2.05, 4.69) is 0 Å². The van der Waals surface area contributed by atoms with E-state index in [4.69, 9.17) is 4.74 Å². The van der Waals surface area contributed by atoms with Crippen molar-refractivity contribution in [2.45, 2.75) is 37.0 Å². The number of nitro benzene ring substituents is 1. The lowest BCUT2D eigenvalue weighted by Gasteiger charge is -2.25. The monoisotopic (exact) mass is 460 g/mol. The number of esters is 1. The van der Waals surface area contributed by atoms with E-state index >= 15 is 0 Å². The molecular formula is C22H24N2O7S. The van der Waals surface area contributed by atoms with Gasteiger partial charge < -0.3 is 4.74 Å². The van der Waals surface area contributed by atoms with Gasteiger partial charge in [0.25, 0.3) is 5.69 Å². The van der Waals surface area contributed by atoms with Gasteiger partial charge in [-0.2, -0.15) is 4.31 Å². The molecule has 3 rings (SSSR count). The fourth-order valence-corrected chi connectivity index (χ4v) is 4.92. The van der Waals surface area contributed by atoms with Gasteiger partial charge in [0.15, 0.2) is 12.4 Å². The molecular weight excluding hydrogens is 436 g/mol. The van der Waals surface area contributed by atoms with E-state index < -0.39 is 33.3 Å². The van der Waals surface area contributed by atoms with Crippen molar-refractivity contribution in [3.63, 3.8) is 0 Å². The normalized spacial score (nSPS) is 14.6. The quantitative estimate of drug-likeness (QED) is 0.244.